The minimum absolute atomic E-state index is 0.222. The molecule has 0 aliphatic carbocycles. The zero-order chi connectivity index (χ0) is 42.2. The predicted molar refractivity (Wildman–Crippen MR) is 219 cm³/mol. The molecule has 6 rings (SSSR count). The molecule has 2 fully saturated rings. The molecule has 0 radical (unpaired) electrons. The van der Waals surface area contributed by atoms with Crippen molar-refractivity contribution in [3.05, 3.63) is 78.2 Å². The second kappa shape index (κ2) is 19.2. The van der Waals surface area contributed by atoms with Crippen LogP contribution in [-0.4, -0.2) is 128 Å². The summed E-state index contributed by atoms with van der Waals surface area (Å²) in [5.41, 5.74) is 4.21. The van der Waals surface area contributed by atoms with Gasteiger partial charge in [-0.05, 0) is 85.7 Å². The average Bonchev–Trinajstić information content (AvgIpc) is 4.07. The highest BCUT2D eigenvalue weighted by molar-refractivity contribution is 5.95. The monoisotopic (exact) mass is 811 g/mol. The number of carbonyl (C=O) groups excluding carboxylic acids is 5. The Morgan fingerprint density at radius 2 is 1.27 bits per heavy atom. The maximum absolute atomic E-state index is 13.6. The van der Waals surface area contributed by atoms with Crippen LogP contribution in [0.4, 0.5) is 9.59 Å². The van der Waals surface area contributed by atoms with Crippen molar-refractivity contribution in [1.82, 2.24) is 35.7 Å². The predicted octanol–water partition coefficient (Wildman–Crippen LogP) is 4.80. The molecule has 4 N–H and O–H groups in total. The molecule has 59 heavy (non-hydrogen) atoms. The minimum atomic E-state index is -0.920. The van der Waals surface area contributed by atoms with Crippen LogP contribution in [0, 0.1) is 0 Å². The number of ether oxygens (including phenoxy) is 4. The number of fused-ring (bicyclic) bond motifs is 1. The van der Waals surface area contributed by atoms with Crippen molar-refractivity contribution in [2.45, 2.75) is 75.9 Å². The summed E-state index contributed by atoms with van der Waals surface area (Å²) in [5.74, 6) is -0.114. The van der Waals surface area contributed by atoms with Gasteiger partial charge >= 0.3 is 12.2 Å². The summed E-state index contributed by atoms with van der Waals surface area (Å²) in [5, 5.41) is 10.2. The third-order valence-electron chi connectivity index (χ3n) is 11.4. The van der Waals surface area contributed by atoms with Crippen molar-refractivity contribution in [2.75, 3.05) is 48.1 Å². The molecule has 0 bridgehead atoms. The molecule has 16 nitrogen and oxygen atoms in total. The summed E-state index contributed by atoms with van der Waals surface area (Å²) in [6, 6.07) is 17.4. The summed E-state index contributed by atoms with van der Waals surface area (Å²) in [7, 11) is 5.45. The Kier molecular flexibility index (Phi) is 13.8. The summed E-state index contributed by atoms with van der Waals surface area (Å²) in [6.07, 6.45) is 2.24. The molecule has 3 heterocycles. The van der Waals surface area contributed by atoms with Crippen LogP contribution >= 0.6 is 0 Å². The van der Waals surface area contributed by atoms with E-state index >= 15 is 0 Å². The number of hydrogen-bond donors (Lipinski definition) is 4. The van der Waals surface area contributed by atoms with Crippen molar-refractivity contribution in [2.24, 2.45) is 0 Å². The van der Waals surface area contributed by atoms with Gasteiger partial charge in [-0.3, -0.25) is 14.4 Å². The van der Waals surface area contributed by atoms with E-state index in [1.807, 2.05) is 24.3 Å². The zero-order valence-corrected chi connectivity index (χ0v) is 34.3. The van der Waals surface area contributed by atoms with Gasteiger partial charge in [0.1, 0.15) is 17.9 Å². The number of alkyl carbamates (subject to hydrolysis) is 2. The highest BCUT2D eigenvalue weighted by Crippen LogP contribution is 2.34. The van der Waals surface area contributed by atoms with E-state index in [1.54, 1.807) is 42.0 Å². The first-order chi connectivity index (χ1) is 28.5. The third kappa shape index (κ3) is 9.66. The Balaban J connectivity index is 1.08. The van der Waals surface area contributed by atoms with Crippen LogP contribution in [0.2, 0.25) is 0 Å². The van der Waals surface area contributed by atoms with Crippen LogP contribution < -0.4 is 16.0 Å². The standard InChI is InChI=1S/C43H53N7O9/c1-25(56-3)36(47-42(54)58-5)40(52)49-19-7-9-33(49)23-45-39(51)28-13-11-27(12-14-28)29-15-16-31-22-32(18-17-30(31)21-29)34-24-44-38(46-34)35-10-8-20-50(35)41(53)37(26(2)57-4)48-43(55)59-6/h11-18,21-22,24-26,33,35-37H,7-10,19-20,23H2,1-6H3,(H,44,46)(H,45,51)(H,47,54)(H,48,55)/t25-,26-,33+,35+,36+,37+/m1/s1. The van der Waals surface area contributed by atoms with Crippen LogP contribution in [-0.2, 0) is 28.5 Å². The number of methoxy groups -OCH3 is 4. The molecule has 16 heteroatoms. The summed E-state index contributed by atoms with van der Waals surface area (Å²) in [4.78, 5) is 75.8. The van der Waals surface area contributed by atoms with E-state index in [4.69, 9.17) is 18.9 Å². The molecular weight excluding hydrogens is 759 g/mol. The zero-order valence-electron chi connectivity index (χ0n) is 34.3. The lowest BCUT2D eigenvalue weighted by Crippen LogP contribution is -2.56. The number of rotatable bonds is 14. The van der Waals surface area contributed by atoms with Crippen molar-refractivity contribution in [1.29, 1.82) is 0 Å². The van der Waals surface area contributed by atoms with Gasteiger partial charge in [0.2, 0.25) is 11.8 Å². The van der Waals surface area contributed by atoms with Crippen molar-refractivity contribution in [3.63, 3.8) is 0 Å². The van der Waals surface area contributed by atoms with Crippen LogP contribution in [0.5, 0.6) is 0 Å². The fourth-order valence-electron chi connectivity index (χ4n) is 7.79. The second-order valence-corrected chi connectivity index (χ2v) is 14.9. The van der Waals surface area contributed by atoms with Crippen LogP contribution in [0.1, 0.15) is 61.8 Å². The molecule has 314 valence electrons. The molecule has 1 aromatic heterocycles. The molecular formula is C43H53N7O9. The van der Waals surface area contributed by atoms with E-state index in [0.29, 0.717) is 24.5 Å². The van der Waals surface area contributed by atoms with Gasteiger partial charge in [0.15, 0.2) is 0 Å². The van der Waals surface area contributed by atoms with Crippen molar-refractivity contribution >= 4 is 40.7 Å². The molecule has 2 aliphatic heterocycles. The number of nitrogens with one attached hydrogen (secondary N) is 4. The maximum atomic E-state index is 13.6. The van der Waals surface area contributed by atoms with Crippen molar-refractivity contribution < 1.29 is 42.9 Å². The Labute approximate surface area is 343 Å². The maximum Gasteiger partial charge on any atom is 0.407 e. The van der Waals surface area contributed by atoms with Gasteiger partial charge in [0, 0.05) is 51.0 Å². The van der Waals surface area contributed by atoms with Gasteiger partial charge in [0.25, 0.3) is 5.91 Å². The Hall–Kier alpha value is -6.00. The first kappa shape index (κ1) is 42.6. The molecule has 3 aromatic carbocycles. The average molecular weight is 812 g/mol. The molecule has 0 saturated carbocycles. The fraction of sp³-hybridized carbons (Fsp3) is 0.442. The number of H-pyrrole nitrogens is 1. The lowest BCUT2D eigenvalue weighted by atomic mass is 9.98. The molecule has 0 spiro atoms. The minimum Gasteiger partial charge on any atom is -0.453 e. The lowest BCUT2D eigenvalue weighted by Gasteiger charge is -2.31. The van der Waals surface area contributed by atoms with E-state index in [9.17, 15) is 24.0 Å². The number of aromatic nitrogens is 2. The number of imidazole rings is 1. The second-order valence-electron chi connectivity index (χ2n) is 14.9. The molecule has 4 aromatic rings. The first-order valence-corrected chi connectivity index (χ1v) is 19.8. The lowest BCUT2D eigenvalue weighted by molar-refractivity contribution is -0.138. The summed E-state index contributed by atoms with van der Waals surface area (Å²) < 4.78 is 20.2. The highest BCUT2D eigenvalue weighted by Gasteiger charge is 2.39. The van der Waals surface area contributed by atoms with E-state index < -0.39 is 36.5 Å². The van der Waals surface area contributed by atoms with Gasteiger partial charge in [-0.1, -0.05) is 36.4 Å². The van der Waals surface area contributed by atoms with E-state index in [0.717, 1.165) is 58.8 Å². The topological polar surface area (TPSA) is 194 Å². The van der Waals surface area contributed by atoms with E-state index in [1.165, 1.54) is 28.4 Å². The largest absolute Gasteiger partial charge is 0.453 e. The van der Waals surface area contributed by atoms with E-state index in [-0.39, 0.29) is 36.3 Å². The molecule has 0 unspecified atom stereocenters. The van der Waals surface area contributed by atoms with Crippen LogP contribution in [0.3, 0.4) is 0 Å². The quantitative estimate of drug-likeness (QED) is 0.138. The third-order valence-corrected chi connectivity index (χ3v) is 11.4. The van der Waals surface area contributed by atoms with Gasteiger partial charge in [-0.25, -0.2) is 14.6 Å². The van der Waals surface area contributed by atoms with Gasteiger partial charge in [0.05, 0.1) is 44.4 Å². The smallest absolute Gasteiger partial charge is 0.407 e. The number of hydrogen-bond acceptors (Lipinski definition) is 10. The summed E-state index contributed by atoms with van der Waals surface area (Å²) >= 11 is 0. The van der Waals surface area contributed by atoms with Crippen LogP contribution in [0.15, 0.2) is 66.9 Å². The number of aromatic amines is 1. The van der Waals surface area contributed by atoms with Crippen molar-refractivity contribution in [3.8, 4) is 22.4 Å². The van der Waals surface area contributed by atoms with Gasteiger partial charge < -0.3 is 49.7 Å². The number of carbonyl (C=O) groups is 5. The fourth-order valence-corrected chi connectivity index (χ4v) is 7.79. The molecule has 2 saturated heterocycles. The molecule has 5 amide bonds. The number of likely N-dealkylation sites (tertiary alicyclic amines) is 2. The number of nitrogens with zero attached hydrogens (tertiary/aromatic N) is 3. The highest BCUT2D eigenvalue weighted by atomic mass is 16.5. The van der Waals surface area contributed by atoms with E-state index in [2.05, 4.69) is 50.2 Å². The SMILES string of the molecule is COC(=O)N[C@H](C(=O)N1CCC[C@H]1CNC(=O)c1ccc(-c2ccc3cc(-c4cnc([C@@H]5CCCN5C(=O)[C@@H](NC(=O)OC)[C@@H](C)OC)[nH]4)ccc3c2)cc1)[C@@H](C)OC. The van der Waals surface area contributed by atoms with Crippen LogP contribution in [0.25, 0.3) is 33.2 Å². The Morgan fingerprint density at radius 3 is 1.88 bits per heavy atom. The Morgan fingerprint density at radius 1 is 0.729 bits per heavy atom. The number of amides is 5. The Bertz CT molecular complexity index is 2140. The normalized spacial score (nSPS) is 18.5. The van der Waals surface area contributed by atoms with Gasteiger partial charge in [-0.15, -0.1) is 0 Å². The van der Waals surface area contributed by atoms with Gasteiger partial charge in [-0.2, -0.15) is 0 Å². The number of benzene rings is 3. The first-order valence-electron chi connectivity index (χ1n) is 19.8. The molecule has 2 aliphatic rings. The molecule has 6 atom stereocenters. The summed E-state index contributed by atoms with van der Waals surface area (Å²) in [6.45, 7) is 4.75.